The lowest BCUT2D eigenvalue weighted by Crippen LogP contribution is -2.30. The first-order valence-electron chi connectivity index (χ1n) is 7.79. The van der Waals surface area contributed by atoms with E-state index in [4.69, 9.17) is 16.3 Å². The van der Waals surface area contributed by atoms with Gasteiger partial charge < -0.3 is 9.64 Å². The third-order valence-electron chi connectivity index (χ3n) is 3.79. The Balaban J connectivity index is 1.96. The average Bonchev–Trinajstić information content (AvgIpc) is 2.66. The summed E-state index contributed by atoms with van der Waals surface area (Å²) in [6.45, 7) is 0.450. The molecule has 0 spiro atoms. The standard InChI is InChI=1S/C20H17ClN2O2/c1-25-18-9-7-17(8-10-18)23(14-15-5-3-2-4-6-15)20(24)16-11-12-22-19(21)13-16/h2-13H,14H2,1H3. The van der Waals surface area contributed by atoms with Crippen LogP contribution in [0.3, 0.4) is 0 Å². The van der Waals surface area contributed by atoms with E-state index in [2.05, 4.69) is 4.98 Å². The van der Waals surface area contributed by atoms with Crippen molar-refractivity contribution in [1.82, 2.24) is 4.98 Å². The summed E-state index contributed by atoms with van der Waals surface area (Å²) in [5, 5.41) is 0.292. The number of hydrogen-bond acceptors (Lipinski definition) is 3. The van der Waals surface area contributed by atoms with Gasteiger partial charge in [0.25, 0.3) is 5.91 Å². The molecule has 0 radical (unpaired) electrons. The van der Waals surface area contributed by atoms with Gasteiger partial charge in [-0.15, -0.1) is 0 Å². The minimum atomic E-state index is -0.140. The summed E-state index contributed by atoms with van der Waals surface area (Å²) in [4.78, 5) is 18.7. The molecule has 25 heavy (non-hydrogen) atoms. The average molecular weight is 353 g/mol. The van der Waals surface area contributed by atoms with Crippen molar-refractivity contribution in [3.8, 4) is 5.75 Å². The Labute approximate surface area is 151 Å². The Morgan fingerprint density at radius 2 is 1.80 bits per heavy atom. The number of nitrogens with zero attached hydrogens (tertiary/aromatic N) is 2. The van der Waals surface area contributed by atoms with Gasteiger partial charge in [0.05, 0.1) is 13.7 Å². The SMILES string of the molecule is COc1ccc(N(Cc2ccccc2)C(=O)c2ccnc(Cl)c2)cc1. The van der Waals surface area contributed by atoms with E-state index in [9.17, 15) is 4.79 Å². The zero-order valence-corrected chi connectivity index (χ0v) is 14.5. The highest BCUT2D eigenvalue weighted by atomic mass is 35.5. The number of benzene rings is 2. The van der Waals surface area contributed by atoms with Crippen LogP contribution in [0.5, 0.6) is 5.75 Å². The number of methoxy groups -OCH3 is 1. The predicted octanol–water partition coefficient (Wildman–Crippen LogP) is 4.59. The first-order valence-corrected chi connectivity index (χ1v) is 8.16. The maximum atomic E-state index is 13.1. The molecule has 3 rings (SSSR count). The van der Waals surface area contributed by atoms with Gasteiger partial charge in [0, 0.05) is 17.4 Å². The third-order valence-corrected chi connectivity index (χ3v) is 3.99. The van der Waals surface area contributed by atoms with Gasteiger partial charge in [0.2, 0.25) is 0 Å². The van der Waals surface area contributed by atoms with Crippen LogP contribution in [0.25, 0.3) is 0 Å². The Kier molecular flexibility index (Phi) is 5.31. The molecule has 126 valence electrons. The van der Waals surface area contributed by atoms with Crippen molar-refractivity contribution >= 4 is 23.2 Å². The summed E-state index contributed by atoms with van der Waals surface area (Å²) in [5.74, 6) is 0.598. The van der Waals surface area contributed by atoms with E-state index in [1.54, 1.807) is 24.1 Å². The maximum Gasteiger partial charge on any atom is 0.258 e. The molecule has 5 heteroatoms. The van der Waals surface area contributed by atoms with Gasteiger partial charge in [-0.25, -0.2) is 4.98 Å². The normalized spacial score (nSPS) is 10.3. The van der Waals surface area contributed by atoms with Crippen molar-refractivity contribution in [3.63, 3.8) is 0 Å². The number of ether oxygens (including phenoxy) is 1. The Morgan fingerprint density at radius 3 is 2.44 bits per heavy atom. The molecule has 0 saturated carbocycles. The molecule has 0 saturated heterocycles. The number of hydrogen-bond donors (Lipinski definition) is 0. The first-order chi connectivity index (χ1) is 12.2. The smallest absolute Gasteiger partial charge is 0.258 e. The second kappa shape index (κ2) is 7.81. The van der Waals surface area contributed by atoms with Crippen molar-refractivity contribution in [1.29, 1.82) is 0 Å². The van der Waals surface area contributed by atoms with Crippen LogP contribution in [0.1, 0.15) is 15.9 Å². The summed E-state index contributed by atoms with van der Waals surface area (Å²) >= 11 is 5.94. The monoisotopic (exact) mass is 352 g/mol. The van der Waals surface area contributed by atoms with E-state index in [1.807, 2.05) is 54.6 Å². The van der Waals surface area contributed by atoms with Crippen LogP contribution in [0.2, 0.25) is 5.15 Å². The van der Waals surface area contributed by atoms with Crippen molar-refractivity contribution in [2.75, 3.05) is 12.0 Å². The maximum absolute atomic E-state index is 13.1. The fourth-order valence-electron chi connectivity index (χ4n) is 2.50. The molecule has 0 aliphatic heterocycles. The van der Waals surface area contributed by atoms with E-state index >= 15 is 0 Å². The van der Waals surface area contributed by atoms with Gasteiger partial charge in [0.1, 0.15) is 10.9 Å². The van der Waals surface area contributed by atoms with Crippen molar-refractivity contribution in [2.45, 2.75) is 6.54 Å². The van der Waals surface area contributed by atoms with E-state index in [0.717, 1.165) is 17.0 Å². The summed E-state index contributed by atoms with van der Waals surface area (Å²) in [6, 6.07) is 20.5. The minimum absolute atomic E-state index is 0.140. The largest absolute Gasteiger partial charge is 0.497 e. The van der Waals surface area contributed by atoms with Crippen LogP contribution in [-0.4, -0.2) is 18.0 Å². The quantitative estimate of drug-likeness (QED) is 0.631. The van der Waals surface area contributed by atoms with Gasteiger partial charge in [-0.1, -0.05) is 41.9 Å². The number of aromatic nitrogens is 1. The second-order valence-corrected chi connectivity index (χ2v) is 5.83. The van der Waals surface area contributed by atoms with Crippen molar-refractivity contribution < 1.29 is 9.53 Å². The zero-order valence-electron chi connectivity index (χ0n) is 13.7. The number of pyridine rings is 1. The van der Waals surface area contributed by atoms with Crippen LogP contribution in [-0.2, 0) is 6.54 Å². The molecule has 0 bridgehead atoms. The Bertz CT molecular complexity index is 851. The van der Waals surface area contributed by atoms with Gasteiger partial charge in [-0.05, 0) is 42.0 Å². The molecular weight excluding hydrogens is 336 g/mol. The minimum Gasteiger partial charge on any atom is -0.497 e. The van der Waals surface area contributed by atoms with Crippen LogP contribution >= 0.6 is 11.6 Å². The van der Waals surface area contributed by atoms with E-state index in [-0.39, 0.29) is 5.91 Å². The second-order valence-electron chi connectivity index (χ2n) is 5.44. The first kappa shape index (κ1) is 17.0. The fraction of sp³-hybridized carbons (Fsp3) is 0.100. The lowest BCUT2D eigenvalue weighted by molar-refractivity contribution is 0.0985. The third kappa shape index (κ3) is 4.17. The molecule has 3 aromatic rings. The fourth-order valence-corrected chi connectivity index (χ4v) is 2.67. The number of halogens is 1. The van der Waals surface area contributed by atoms with Crippen LogP contribution in [0, 0.1) is 0 Å². The Morgan fingerprint density at radius 1 is 1.08 bits per heavy atom. The number of amides is 1. The number of carbonyl (C=O) groups is 1. The van der Waals surface area contributed by atoms with E-state index in [1.165, 1.54) is 6.20 Å². The highest BCUT2D eigenvalue weighted by Gasteiger charge is 2.19. The molecule has 1 amide bonds. The molecule has 0 aliphatic rings. The van der Waals surface area contributed by atoms with Crippen LogP contribution in [0.4, 0.5) is 5.69 Å². The molecule has 0 N–H and O–H groups in total. The van der Waals surface area contributed by atoms with Gasteiger partial charge in [-0.3, -0.25) is 4.79 Å². The topological polar surface area (TPSA) is 42.4 Å². The van der Waals surface area contributed by atoms with E-state index < -0.39 is 0 Å². The molecule has 0 aliphatic carbocycles. The van der Waals surface area contributed by atoms with Crippen LogP contribution in [0.15, 0.2) is 72.9 Å². The van der Waals surface area contributed by atoms with E-state index in [0.29, 0.717) is 17.3 Å². The highest BCUT2D eigenvalue weighted by molar-refractivity contribution is 6.29. The number of rotatable bonds is 5. The molecule has 1 heterocycles. The number of carbonyl (C=O) groups excluding carboxylic acids is 1. The molecular formula is C20H17ClN2O2. The molecule has 2 aromatic carbocycles. The zero-order chi connectivity index (χ0) is 17.6. The summed E-state index contributed by atoms with van der Waals surface area (Å²) in [5.41, 5.74) is 2.31. The molecule has 1 aromatic heterocycles. The predicted molar refractivity (Wildman–Crippen MR) is 99.2 cm³/mol. The summed E-state index contributed by atoms with van der Waals surface area (Å²) in [7, 11) is 1.61. The Hall–Kier alpha value is -2.85. The molecule has 4 nitrogen and oxygen atoms in total. The highest BCUT2D eigenvalue weighted by Crippen LogP contribution is 2.23. The summed E-state index contributed by atoms with van der Waals surface area (Å²) in [6.07, 6.45) is 1.53. The molecule has 0 unspecified atom stereocenters. The summed E-state index contributed by atoms with van der Waals surface area (Å²) < 4.78 is 5.20. The lowest BCUT2D eigenvalue weighted by atomic mass is 10.1. The van der Waals surface area contributed by atoms with Gasteiger partial charge >= 0.3 is 0 Å². The van der Waals surface area contributed by atoms with Gasteiger partial charge in [-0.2, -0.15) is 0 Å². The van der Waals surface area contributed by atoms with Crippen molar-refractivity contribution in [2.24, 2.45) is 0 Å². The van der Waals surface area contributed by atoms with Crippen molar-refractivity contribution in [3.05, 3.63) is 89.2 Å². The van der Waals surface area contributed by atoms with Crippen LogP contribution < -0.4 is 9.64 Å². The molecule has 0 atom stereocenters. The lowest BCUT2D eigenvalue weighted by Gasteiger charge is -2.23. The number of anilines is 1. The van der Waals surface area contributed by atoms with Gasteiger partial charge in [0.15, 0.2) is 0 Å². The molecule has 0 fully saturated rings.